The lowest BCUT2D eigenvalue weighted by molar-refractivity contribution is -0.126. The molecule has 2 bridgehead atoms. The number of rotatable bonds is 3. The zero-order valence-electron chi connectivity index (χ0n) is 9.63. The molecule has 2 aliphatic carbocycles. The summed E-state index contributed by atoms with van der Waals surface area (Å²) in [6.07, 6.45) is 6.61. The van der Waals surface area contributed by atoms with Crippen molar-refractivity contribution in [2.75, 3.05) is 0 Å². The van der Waals surface area contributed by atoms with Crippen molar-refractivity contribution in [3.63, 3.8) is 0 Å². The van der Waals surface area contributed by atoms with E-state index in [4.69, 9.17) is 0 Å². The number of carbonyl (C=O) groups is 1. The maximum absolute atomic E-state index is 11.9. The third-order valence-electron chi connectivity index (χ3n) is 3.98. The molecule has 2 saturated carbocycles. The van der Waals surface area contributed by atoms with Gasteiger partial charge in [0.1, 0.15) is 0 Å². The summed E-state index contributed by atoms with van der Waals surface area (Å²) in [6.45, 7) is 0. The van der Waals surface area contributed by atoms with E-state index in [0.29, 0.717) is 5.92 Å². The van der Waals surface area contributed by atoms with E-state index in [0.717, 1.165) is 17.2 Å². The average molecular weight is 248 g/mol. The van der Waals surface area contributed by atoms with Crippen LogP contribution in [0, 0.1) is 17.8 Å². The van der Waals surface area contributed by atoms with Gasteiger partial charge in [0, 0.05) is 10.8 Å². The molecule has 3 atom stereocenters. The Morgan fingerprint density at radius 3 is 3.06 bits per heavy atom. The van der Waals surface area contributed by atoms with Crippen LogP contribution in [0.3, 0.4) is 0 Å². The average Bonchev–Trinajstić information content (AvgIpc) is 3.05. The molecule has 0 aromatic carbocycles. The Hall–Kier alpha value is -1.16. The van der Waals surface area contributed by atoms with Crippen LogP contribution in [0.5, 0.6) is 0 Å². The Labute approximate surface area is 105 Å². The molecule has 1 aromatic heterocycles. The third-order valence-corrected chi connectivity index (χ3v) is 4.79. The Bertz CT molecular complexity index is 427. The highest BCUT2D eigenvalue weighted by molar-refractivity contribution is 7.11. The van der Waals surface area contributed by atoms with Crippen molar-refractivity contribution >= 4 is 23.5 Å². The van der Waals surface area contributed by atoms with Crippen molar-refractivity contribution in [3.05, 3.63) is 22.4 Å². The van der Waals surface area contributed by atoms with Gasteiger partial charge in [0.15, 0.2) is 0 Å². The number of carbonyl (C=O) groups excluding carboxylic acids is 1. The van der Waals surface area contributed by atoms with Gasteiger partial charge in [0.2, 0.25) is 5.91 Å². The predicted octanol–water partition coefficient (Wildman–Crippen LogP) is 2.63. The molecule has 3 rings (SSSR count). The van der Waals surface area contributed by atoms with Crippen molar-refractivity contribution in [2.45, 2.75) is 25.7 Å². The van der Waals surface area contributed by atoms with Crippen LogP contribution in [0.1, 0.15) is 30.6 Å². The van der Waals surface area contributed by atoms with E-state index in [1.807, 2.05) is 17.5 Å². The number of hydrogen-bond donors (Lipinski definition) is 1. The summed E-state index contributed by atoms with van der Waals surface area (Å²) >= 11 is 1.62. The summed E-state index contributed by atoms with van der Waals surface area (Å²) in [5, 5.41) is 6.03. The van der Waals surface area contributed by atoms with Crippen molar-refractivity contribution in [1.29, 1.82) is 0 Å². The van der Waals surface area contributed by atoms with Crippen LogP contribution >= 0.6 is 11.3 Å². The molecule has 0 unspecified atom stereocenters. The van der Waals surface area contributed by atoms with E-state index in [1.54, 1.807) is 17.6 Å². The van der Waals surface area contributed by atoms with Gasteiger partial charge in [0.05, 0.1) is 6.21 Å². The monoisotopic (exact) mass is 248 g/mol. The van der Waals surface area contributed by atoms with Gasteiger partial charge in [-0.2, -0.15) is 5.10 Å². The van der Waals surface area contributed by atoms with Gasteiger partial charge in [-0.25, -0.2) is 5.43 Å². The van der Waals surface area contributed by atoms with Gasteiger partial charge in [-0.1, -0.05) is 12.5 Å². The zero-order chi connectivity index (χ0) is 11.7. The van der Waals surface area contributed by atoms with Crippen molar-refractivity contribution < 1.29 is 4.79 Å². The standard InChI is InChI=1S/C13H16N2OS/c16-13(12-7-9-3-4-10(12)6-9)15-14-8-11-2-1-5-17-11/h1-2,5,8-10,12H,3-4,6-7H2,(H,15,16)/b14-8-/t9-,10-,12+/m0/s1. The van der Waals surface area contributed by atoms with Gasteiger partial charge in [-0.3, -0.25) is 4.79 Å². The number of nitrogens with zero attached hydrogens (tertiary/aromatic N) is 1. The Morgan fingerprint density at radius 1 is 1.47 bits per heavy atom. The molecular formula is C13H16N2OS. The number of fused-ring (bicyclic) bond motifs is 2. The molecule has 0 radical (unpaired) electrons. The molecule has 1 N–H and O–H groups in total. The second-order valence-corrected chi connectivity index (χ2v) is 6.01. The van der Waals surface area contributed by atoms with E-state index in [9.17, 15) is 4.79 Å². The first kappa shape index (κ1) is 11.0. The topological polar surface area (TPSA) is 41.5 Å². The highest BCUT2D eigenvalue weighted by atomic mass is 32.1. The second-order valence-electron chi connectivity index (χ2n) is 5.03. The maximum Gasteiger partial charge on any atom is 0.243 e. The molecule has 2 fully saturated rings. The van der Waals surface area contributed by atoms with Gasteiger partial charge in [0.25, 0.3) is 0 Å². The maximum atomic E-state index is 11.9. The summed E-state index contributed by atoms with van der Waals surface area (Å²) in [6, 6.07) is 3.96. The van der Waals surface area contributed by atoms with Crippen LogP contribution < -0.4 is 5.43 Å². The number of nitrogens with one attached hydrogen (secondary N) is 1. The second kappa shape index (κ2) is 4.61. The van der Waals surface area contributed by atoms with E-state index >= 15 is 0 Å². The molecule has 0 spiro atoms. The van der Waals surface area contributed by atoms with Crippen LogP contribution in [0.4, 0.5) is 0 Å². The predicted molar refractivity (Wildman–Crippen MR) is 69.0 cm³/mol. The Kier molecular flexibility index (Phi) is 2.97. The summed E-state index contributed by atoms with van der Waals surface area (Å²) in [5.74, 6) is 1.76. The summed E-state index contributed by atoms with van der Waals surface area (Å²) in [4.78, 5) is 13.0. The quantitative estimate of drug-likeness (QED) is 0.648. The molecule has 4 heteroatoms. The minimum atomic E-state index is 0.116. The zero-order valence-corrected chi connectivity index (χ0v) is 10.5. The molecule has 3 nitrogen and oxygen atoms in total. The van der Waals surface area contributed by atoms with Crippen LogP contribution in [-0.2, 0) is 4.79 Å². The Morgan fingerprint density at radius 2 is 2.41 bits per heavy atom. The van der Waals surface area contributed by atoms with E-state index < -0.39 is 0 Å². The molecule has 17 heavy (non-hydrogen) atoms. The minimum absolute atomic E-state index is 0.116. The highest BCUT2D eigenvalue weighted by Gasteiger charge is 2.42. The number of hydrogen-bond acceptors (Lipinski definition) is 3. The summed E-state index contributed by atoms with van der Waals surface area (Å²) in [5.41, 5.74) is 2.68. The minimum Gasteiger partial charge on any atom is -0.273 e. The van der Waals surface area contributed by atoms with Crippen molar-refractivity contribution in [2.24, 2.45) is 22.9 Å². The lowest BCUT2D eigenvalue weighted by Gasteiger charge is -2.19. The number of hydrazone groups is 1. The first-order valence-electron chi connectivity index (χ1n) is 6.19. The molecule has 90 valence electrons. The molecule has 1 amide bonds. The van der Waals surface area contributed by atoms with E-state index in [-0.39, 0.29) is 11.8 Å². The third kappa shape index (κ3) is 2.27. The molecule has 1 aromatic rings. The van der Waals surface area contributed by atoms with Crippen LogP contribution in [0.25, 0.3) is 0 Å². The molecule has 2 aliphatic rings. The Balaban J connectivity index is 1.54. The van der Waals surface area contributed by atoms with E-state index in [1.165, 1.54) is 19.3 Å². The highest BCUT2D eigenvalue weighted by Crippen LogP contribution is 2.48. The van der Waals surface area contributed by atoms with Crippen LogP contribution in [0.15, 0.2) is 22.6 Å². The lowest BCUT2D eigenvalue weighted by Crippen LogP contribution is -2.30. The van der Waals surface area contributed by atoms with Crippen LogP contribution in [-0.4, -0.2) is 12.1 Å². The molecule has 1 heterocycles. The lowest BCUT2D eigenvalue weighted by atomic mass is 9.88. The smallest absolute Gasteiger partial charge is 0.243 e. The number of thiophene rings is 1. The fourth-order valence-corrected chi connectivity index (χ4v) is 3.76. The fourth-order valence-electron chi connectivity index (χ4n) is 3.17. The molecule has 0 aliphatic heterocycles. The SMILES string of the molecule is O=C(N/N=C\c1cccs1)[C@@H]1C[C@H]2CC[C@H]1C2. The molecule has 0 saturated heterocycles. The summed E-state index contributed by atoms with van der Waals surface area (Å²) in [7, 11) is 0. The van der Waals surface area contributed by atoms with Gasteiger partial charge in [-0.15, -0.1) is 11.3 Å². The van der Waals surface area contributed by atoms with E-state index in [2.05, 4.69) is 10.5 Å². The first-order valence-corrected chi connectivity index (χ1v) is 7.07. The fraction of sp³-hybridized carbons (Fsp3) is 0.538. The van der Waals surface area contributed by atoms with Crippen molar-refractivity contribution in [1.82, 2.24) is 5.43 Å². The first-order chi connectivity index (χ1) is 8.33. The normalized spacial score (nSPS) is 31.2. The number of amides is 1. The van der Waals surface area contributed by atoms with Crippen LogP contribution in [0.2, 0.25) is 0 Å². The van der Waals surface area contributed by atoms with Gasteiger partial charge < -0.3 is 0 Å². The molecular weight excluding hydrogens is 232 g/mol. The van der Waals surface area contributed by atoms with Gasteiger partial charge in [-0.05, 0) is 42.5 Å². The summed E-state index contributed by atoms with van der Waals surface area (Å²) < 4.78 is 0. The van der Waals surface area contributed by atoms with Crippen molar-refractivity contribution in [3.8, 4) is 0 Å². The largest absolute Gasteiger partial charge is 0.273 e. The van der Waals surface area contributed by atoms with Gasteiger partial charge >= 0.3 is 0 Å².